The minimum absolute atomic E-state index is 0.144. The van der Waals surface area contributed by atoms with E-state index in [1.807, 2.05) is 26.8 Å². The number of aliphatic imine (C=N–C) groups is 1. The zero-order valence-electron chi connectivity index (χ0n) is 6.51. The molecule has 0 amide bonds. The maximum atomic E-state index is 11.1. The van der Waals surface area contributed by atoms with Crippen molar-refractivity contribution >= 4 is 11.5 Å². The van der Waals surface area contributed by atoms with E-state index in [9.17, 15) is 4.79 Å². The van der Waals surface area contributed by atoms with Crippen LogP contribution in [0.15, 0.2) is 16.6 Å². The third kappa shape index (κ3) is 1.15. The third-order valence-corrected chi connectivity index (χ3v) is 1.59. The topological polar surface area (TPSA) is 29.4 Å². The van der Waals surface area contributed by atoms with Gasteiger partial charge in [0.15, 0.2) is 5.78 Å². The molecule has 0 bridgehead atoms. The summed E-state index contributed by atoms with van der Waals surface area (Å²) in [6, 6.07) is -0.162. The van der Waals surface area contributed by atoms with Crippen molar-refractivity contribution in [3.63, 3.8) is 0 Å². The zero-order chi connectivity index (χ0) is 7.72. The van der Waals surface area contributed by atoms with Gasteiger partial charge in [-0.05, 0) is 32.4 Å². The normalized spacial score (nSPS) is 25.9. The van der Waals surface area contributed by atoms with Crippen LogP contribution in [-0.4, -0.2) is 17.5 Å². The predicted octanol–water partition coefficient (Wildman–Crippen LogP) is 1.36. The Labute approximate surface area is 60.7 Å². The molecule has 0 aromatic rings. The molecule has 1 aliphatic rings. The highest BCUT2D eigenvalue weighted by molar-refractivity contribution is 6.09. The van der Waals surface area contributed by atoms with Gasteiger partial charge in [0, 0.05) is 5.71 Å². The quantitative estimate of drug-likeness (QED) is 0.495. The molecular weight excluding hydrogens is 126 g/mol. The summed E-state index contributed by atoms with van der Waals surface area (Å²) in [4.78, 5) is 15.2. The summed E-state index contributed by atoms with van der Waals surface area (Å²) in [5.74, 6) is 0.144. The molecule has 54 valence electrons. The molecule has 0 saturated heterocycles. The Balaban J connectivity index is 2.95. The molecule has 2 nitrogen and oxygen atoms in total. The molecule has 10 heavy (non-hydrogen) atoms. The fourth-order valence-corrected chi connectivity index (χ4v) is 1.12. The van der Waals surface area contributed by atoms with E-state index in [2.05, 4.69) is 4.99 Å². The summed E-state index contributed by atoms with van der Waals surface area (Å²) in [7, 11) is 0. The summed E-state index contributed by atoms with van der Waals surface area (Å²) in [6.07, 6.45) is 1.82. The molecule has 1 atom stereocenters. The van der Waals surface area contributed by atoms with Crippen molar-refractivity contribution in [1.29, 1.82) is 0 Å². The first-order valence-corrected chi connectivity index (χ1v) is 3.38. The molecule has 1 unspecified atom stereocenters. The number of nitrogens with zero attached hydrogens (tertiary/aromatic N) is 1. The maximum absolute atomic E-state index is 11.1. The summed E-state index contributed by atoms with van der Waals surface area (Å²) in [5, 5.41) is 0. The first kappa shape index (κ1) is 7.19. The number of carbonyl (C=O) groups is 1. The van der Waals surface area contributed by atoms with Gasteiger partial charge in [0.05, 0.1) is 0 Å². The molecule has 2 heteroatoms. The summed E-state index contributed by atoms with van der Waals surface area (Å²) in [5.41, 5.74) is 1.77. The van der Waals surface area contributed by atoms with Crippen LogP contribution in [0.1, 0.15) is 20.8 Å². The Morgan fingerprint density at radius 3 is 2.60 bits per heavy atom. The van der Waals surface area contributed by atoms with E-state index in [1.54, 1.807) is 0 Å². The van der Waals surface area contributed by atoms with Gasteiger partial charge in [0.1, 0.15) is 6.04 Å². The van der Waals surface area contributed by atoms with Crippen LogP contribution in [0.25, 0.3) is 0 Å². The highest BCUT2D eigenvalue weighted by atomic mass is 16.1. The first-order valence-electron chi connectivity index (χ1n) is 3.38. The van der Waals surface area contributed by atoms with Gasteiger partial charge in [-0.1, -0.05) is 0 Å². The van der Waals surface area contributed by atoms with E-state index in [-0.39, 0.29) is 11.8 Å². The van der Waals surface area contributed by atoms with Crippen molar-refractivity contribution in [1.82, 2.24) is 0 Å². The van der Waals surface area contributed by atoms with Crippen molar-refractivity contribution in [2.75, 3.05) is 0 Å². The lowest BCUT2D eigenvalue weighted by Gasteiger charge is -2.11. The Hall–Kier alpha value is -0.920. The first-order chi connectivity index (χ1) is 4.61. The van der Waals surface area contributed by atoms with Gasteiger partial charge in [0.2, 0.25) is 0 Å². The third-order valence-electron chi connectivity index (χ3n) is 1.59. The minimum atomic E-state index is -0.162. The minimum Gasteiger partial charge on any atom is -0.292 e. The van der Waals surface area contributed by atoms with Gasteiger partial charge in [-0.3, -0.25) is 9.79 Å². The van der Waals surface area contributed by atoms with E-state index in [0.29, 0.717) is 0 Å². The van der Waals surface area contributed by atoms with Crippen LogP contribution >= 0.6 is 0 Å². The Morgan fingerprint density at radius 1 is 1.50 bits per heavy atom. The number of Topliss-reactive ketones (excluding diaryl/α,β-unsaturated/α-hetero) is 1. The zero-order valence-corrected chi connectivity index (χ0v) is 6.51. The largest absolute Gasteiger partial charge is 0.292 e. The van der Waals surface area contributed by atoms with E-state index in [4.69, 9.17) is 0 Å². The number of rotatable bonds is 0. The fourth-order valence-electron chi connectivity index (χ4n) is 1.12. The van der Waals surface area contributed by atoms with E-state index in [0.717, 1.165) is 11.3 Å². The molecule has 0 fully saturated rings. The molecule has 0 N–H and O–H groups in total. The average Bonchev–Trinajstić information content (AvgIpc) is 1.82. The van der Waals surface area contributed by atoms with Gasteiger partial charge in [0.25, 0.3) is 0 Å². The highest BCUT2D eigenvalue weighted by Gasteiger charge is 2.16. The van der Waals surface area contributed by atoms with Crippen molar-refractivity contribution in [2.45, 2.75) is 26.8 Å². The van der Waals surface area contributed by atoms with Crippen LogP contribution in [0, 0.1) is 0 Å². The van der Waals surface area contributed by atoms with Crippen molar-refractivity contribution in [3.8, 4) is 0 Å². The monoisotopic (exact) mass is 137 g/mol. The average molecular weight is 137 g/mol. The Bertz CT molecular complexity index is 225. The van der Waals surface area contributed by atoms with Gasteiger partial charge >= 0.3 is 0 Å². The van der Waals surface area contributed by atoms with Crippen molar-refractivity contribution in [2.24, 2.45) is 4.99 Å². The van der Waals surface area contributed by atoms with Crippen molar-refractivity contribution in [3.05, 3.63) is 11.6 Å². The molecule has 0 aliphatic carbocycles. The second-order valence-corrected chi connectivity index (χ2v) is 2.64. The number of dihydropyridines is 1. The van der Waals surface area contributed by atoms with Crippen LogP contribution in [0.5, 0.6) is 0 Å². The van der Waals surface area contributed by atoms with Crippen LogP contribution in [0.4, 0.5) is 0 Å². The lowest BCUT2D eigenvalue weighted by molar-refractivity contribution is -0.116. The van der Waals surface area contributed by atoms with E-state index >= 15 is 0 Å². The van der Waals surface area contributed by atoms with Gasteiger partial charge in [-0.2, -0.15) is 0 Å². The molecular formula is C8H11NO. The number of carbonyl (C=O) groups excluding carboxylic acids is 1. The highest BCUT2D eigenvalue weighted by Crippen LogP contribution is 2.09. The number of hydrogen-bond acceptors (Lipinski definition) is 2. The van der Waals surface area contributed by atoms with Gasteiger partial charge in [-0.25, -0.2) is 0 Å². The molecule has 0 spiro atoms. The smallest absolute Gasteiger partial charge is 0.182 e. The summed E-state index contributed by atoms with van der Waals surface area (Å²) < 4.78 is 0. The second-order valence-electron chi connectivity index (χ2n) is 2.64. The molecule has 0 aromatic heterocycles. The van der Waals surface area contributed by atoms with Crippen molar-refractivity contribution < 1.29 is 4.79 Å². The fraction of sp³-hybridized carbons (Fsp3) is 0.500. The molecule has 0 saturated carbocycles. The van der Waals surface area contributed by atoms with Gasteiger partial charge < -0.3 is 0 Å². The number of hydrogen-bond donors (Lipinski definition) is 0. The van der Waals surface area contributed by atoms with Gasteiger partial charge in [-0.15, -0.1) is 0 Å². The van der Waals surface area contributed by atoms with E-state index < -0.39 is 0 Å². The van der Waals surface area contributed by atoms with Crippen LogP contribution < -0.4 is 0 Å². The van der Waals surface area contributed by atoms with Crippen LogP contribution in [-0.2, 0) is 4.79 Å². The predicted molar refractivity (Wildman–Crippen MR) is 41.3 cm³/mol. The summed E-state index contributed by atoms with van der Waals surface area (Å²) >= 11 is 0. The number of ketones is 1. The Morgan fingerprint density at radius 2 is 2.10 bits per heavy atom. The standard InChI is InChI=1S/C8H11NO/c1-5-4-6(2)9-7(3)8(5)10/h4,7H,1-3H3. The molecule has 1 rings (SSSR count). The summed E-state index contributed by atoms with van der Waals surface area (Å²) in [6.45, 7) is 5.56. The lowest BCUT2D eigenvalue weighted by Crippen LogP contribution is -2.21. The molecule has 1 aliphatic heterocycles. The molecule has 0 radical (unpaired) electrons. The Kier molecular flexibility index (Phi) is 1.70. The molecule has 0 aromatic carbocycles. The maximum Gasteiger partial charge on any atom is 0.182 e. The van der Waals surface area contributed by atoms with Crippen LogP contribution in [0.3, 0.4) is 0 Å². The second kappa shape index (κ2) is 2.37. The van der Waals surface area contributed by atoms with E-state index in [1.165, 1.54) is 0 Å². The van der Waals surface area contributed by atoms with Crippen LogP contribution in [0.2, 0.25) is 0 Å². The number of allylic oxidation sites excluding steroid dienone is 1. The SMILES string of the molecule is CC1=CC(C)=NC(C)C1=O. The molecule has 1 heterocycles. The lowest BCUT2D eigenvalue weighted by atomic mass is 10.0.